The Hall–Kier alpha value is -0.0400. The van der Waals surface area contributed by atoms with Crippen LogP contribution in [-0.2, 0) is 4.74 Å². The molecule has 2 aliphatic carbocycles. The Morgan fingerprint density at radius 1 is 0.895 bits per heavy atom. The van der Waals surface area contributed by atoms with Crippen LogP contribution >= 0.6 is 0 Å². The summed E-state index contributed by atoms with van der Waals surface area (Å²) in [4.78, 5) is 0. The fraction of sp³-hybridized carbons (Fsp3) is 1.00. The fourth-order valence-electron chi connectivity index (χ4n) is 5.96. The molecule has 3 aliphatic rings. The van der Waals surface area contributed by atoms with E-state index in [-0.39, 0.29) is 13.0 Å². The quantitative estimate of drug-likeness (QED) is 0.567. The monoisotopic (exact) mass is 266 g/mol. The van der Waals surface area contributed by atoms with Crippen LogP contribution in [0.3, 0.4) is 0 Å². The molecule has 1 heterocycles. The molecule has 0 spiro atoms. The third-order valence-corrected chi connectivity index (χ3v) is 7.72. The van der Waals surface area contributed by atoms with Crippen molar-refractivity contribution < 1.29 is 4.74 Å². The van der Waals surface area contributed by atoms with Gasteiger partial charge in [-0.05, 0) is 61.2 Å². The summed E-state index contributed by atoms with van der Waals surface area (Å²) in [6, 6.07) is 0. The van der Waals surface area contributed by atoms with E-state index in [0.717, 1.165) is 12.5 Å². The summed E-state index contributed by atoms with van der Waals surface area (Å²) in [7, 11) is 0. The van der Waals surface area contributed by atoms with E-state index in [9.17, 15) is 0 Å². The van der Waals surface area contributed by atoms with Gasteiger partial charge in [0.15, 0.2) is 0 Å². The second kappa shape index (κ2) is 4.23. The average molecular weight is 266 g/mol. The average Bonchev–Trinajstić information content (AvgIpc) is 2.66. The number of rotatable bonds is 0. The number of ether oxygens (including phenoxy) is 1. The second-order valence-corrected chi connectivity index (χ2v) is 8.49. The Bertz CT molecular complexity index is 361. The Balaban J connectivity index is 0.00000133. The summed E-state index contributed by atoms with van der Waals surface area (Å²) >= 11 is 0. The van der Waals surface area contributed by atoms with Crippen LogP contribution in [0.4, 0.5) is 0 Å². The molecule has 19 heavy (non-hydrogen) atoms. The molecule has 1 nitrogen and oxygen atoms in total. The summed E-state index contributed by atoms with van der Waals surface area (Å²) in [5.74, 6) is 0.781. The van der Waals surface area contributed by atoms with E-state index in [1.165, 1.54) is 38.5 Å². The van der Waals surface area contributed by atoms with Gasteiger partial charge in [-0.3, -0.25) is 0 Å². The molecule has 0 amide bonds. The van der Waals surface area contributed by atoms with Crippen molar-refractivity contribution in [3.05, 3.63) is 0 Å². The first-order valence-corrected chi connectivity index (χ1v) is 7.89. The van der Waals surface area contributed by atoms with Gasteiger partial charge >= 0.3 is 0 Å². The zero-order valence-electron chi connectivity index (χ0n) is 12.9. The zero-order valence-corrected chi connectivity index (χ0v) is 12.9. The minimum Gasteiger partial charge on any atom is -0.375 e. The van der Waals surface area contributed by atoms with Crippen molar-refractivity contribution in [2.45, 2.75) is 86.2 Å². The van der Waals surface area contributed by atoms with Crippen LogP contribution in [0.1, 0.15) is 80.6 Å². The maximum atomic E-state index is 6.17. The van der Waals surface area contributed by atoms with Gasteiger partial charge in [0.2, 0.25) is 0 Å². The van der Waals surface area contributed by atoms with Gasteiger partial charge in [0.25, 0.3) is 0 Å². The predicted molar refractivity (Wildman–Crippen MR) is 82.3 cm³/mol. The molecule has 1 heteroatoms. The molecular formula is C18H34O. The smallest absolute Gasteiger partial charge is 0.0689 e. The van der Waals surface area contributed by atoms with Crippen molar-refractivity contribution in [2.75, 3.05) is 6.61 Å². The van der Waals surface area contributed by atoms with Gasteiger partial charge < -0.3 is 4.74 Å². The van der Waals surface area contributed by atoms with Crippen molar-refractivity contribution in [3.8, 4) is 0 Å². The van der Waals surface area contributed by atoms with Gasteiger partial charge in [0, 0.05) is 6.61 Å². The standard InChI is InChI=1S/C17H30O.CH4/c1-14(2)8-6-9-15(3)13-7-12-18-16(13,4)10-11-17(14,15)5;/h13H,6-12H2,1-5H3;1H4/t13-,15-,16-,17+;/m1./s1. The third kappa shape index (κ3) is 1.69. The van der Waals surface area contributed by atoms with E-state index in [1.807, 2.05) is 0 Å². The highest BCUT2D eigenvalue weighted by Gasteiger charge is 2.65. The van der Waals surface area contributed by atoms with E-state index < -0.39 is 0 Å². The predicted octanol–water partition coefficient (Wildman–Crippen LogP) is 5.43. The second-order valence-electron chi connectivity index (χ2n) is 8.49. The van der Waals surface area contributed by atoms with Crippen LogP contribution in [0.2, 0.25) is 0 Å². The number of hydrogen-bond acceptors (Lipinski definition) is 1. The lowest BCUT2D eigenvalue weighted by molar-refractivity contribution is -0.200. The van der Waals surface area contributed by atoms with Gasteiger partial charge in [0.1, 0.15) is 0 Å². The van der Waals surface area contributed by atoms with Crippen LogP contribution in [0, 0.1) is 22.2 Å². The van der Waals surface area contributed by atoms with Gasteiger partial charge in [-0.2, -0.15) is 0 Å². The van der Waals surface area contributed by atoms with Crippen LogP contribution in [0.5, 0.6) is 0 Å². The van der Waals surface area contributed by atoms with E-state index >= 15 is 0 Å². The maximum absolute atomic E-state index is 6.17. The summed E-state index contributed by atoms with van der Waals surface area (Å²) in [6.45, 7) is 13.6. The lowest BCUT2D eigenvalue weighted by Gasteiger charge is -2.67. The van der Waals surface area contributed by atoms with Crippen LogP contribution < -0.4 is 0 Å². The van der Waals surface area contributed by atoms with Crippen molar-refractivity contribution in [2.24, 2.45) is 22.2 Å². The molecular weight excluding hydrogens is 232 g/mol. The Morgan fingerprint density at radius 2 is 1.58 bits per heavy atom. The lowest BCUT2D eigenvalue weighted by Crippen LogP contribution is -2.61. The van der Waals surface area contributed by atoms with Crippen molar-refractivity contribution >= 4 is 0 Å². The largest absolute Gasteiger partial charge is 0.375 e. The molecule has 2 saturated carbocycles. The molecule has 0 aromatic carbocycles. The molecule has 0 unspecified atom stereocenters. The lowest BCUT2D eigenvalue weighted by atomic mass is 9.38. The summed E-state index contributed by atoms with van der Waals surface area (Å²) in [5, 5.41) is 0. The SMILES string of the molecule is C.CC1(C)CCC[C@]2(C)[C@H]3CCO[C@]3(C)CC[C@@]12C. The normalized spacial score (nSPS) is 51.9. The van der Waals surface area contributed by atoms with Crippen molar-refractivity contribution in [1.82, 2.24) is 0 Å². The molecule has 0 N–H and O–H groups in total. The first-order valence-electron chi connectivity index (χ1n) is 7.89. The summed E-state index contributed by atoms with van der Waals surface area (Å²) in [5.41, 5.74) is 1.65. The summed E-state index contributed by atoms with van der Waals surface area (Å²) < 4.78 is 6.17. The highest BCUT2D eigenvalue weighted by molar-refractivity contribution is 5.15. The van der Waals surface area contributed by atoms with Crippen LogP contribution in [0.15, 0.2) is 0 Å². The Labute approximate surface area is 120 Å². The van der Waals surface area contributed by atoms with Crippen molar-refractivity contribution in [1.29, 1.82) is 0 Å². The maximum Gasteiger partial charge on any atom is 0.0689 e. The minimum atomic E-state index is 0. The van der Waals surface area contributed by atoms with E-state index in [2.05, 4.69) is 34.6 Å². The minimum absolute atomic E-state index is 0. The van der Waals surface area contributed by atoms with Crippen LogP contribution in [0.25, 0.3) is 0 Å². The van der Waals surface area contributed by atoms with Gasteiger partial charge in [-0.1, -0.05) is 41.5 Å². The van der Waals surface area contributed by atoms with E-state index in [1.54, 1.807) is 0 Å². The highest BCUT2D eigenvalue weighted by atomic mass is 16.5. The first kappa shape index (κ1) is 15.4. The van der Waals surface area contributed by atoms with Gasteiger partial charge in [-0.15, -0.1) is 0 Å². The Kier molecular flexibility index (Phi) is 3.42. The molecule has 1 saturated heterocycles. The van der Waals surface area contributed by atoms with Gasteiger partial charge in [0.05, 0.1) is 5.60 Å². The van der Waals surface area contributed by atoms with Crippen molar-refractivity contribution in [3.63, 3.8) is 0 Å². The molecule has 112 valence electrons. The summed E-state index contributed by atoms with van der Waals surface area (Å²) in [6.07, 6.45) is 8.14. The Morgan fingerprint density at radius 3 is 2.26 bits per heavy atom. The van der Waals surface area contributed by atoms with E-state index in [0.29, 0.717) is 16.2 Å². The third-order valence-electron chi connectivity index (χ3n) is 7.72. The molecule has 1 aliphatic heterocycles. The topological polar surface area (TPSA) is 9.23 Å². The van der Waals surface area contributed by atoms with Gasteiger partial charge in [-0.25, -0.2) is 0 Å². The fourth-order valence-corrected chi connectivity index (χ4v) is 5.96. The molecule has 0 aromatic heterocycles. The number of fused-ring (bicyclic) bond motifs is 3. The number of hydrogen-bond donors (Lipinski definition) is 0. The zero-order chi connectivity index (χ0) is 13.2. The molecule has 3 fully saturated rings. The van der Waals surface area contributed by atoms with E-state index in [4.69, 9.17) is 4.74 Å². The first-order chi connectivity index (χ1) is 8.25. The molecule has 0 bridgehead atoms. The molecule has 0 radical (unpaired) electrons. The molecule has 3 rings (SSSR count). The van der Waals surface area contributed by atoms with Crippen LogP contribution in [-0.4, -0.2) is 12.2 Å². The molecule has 4 atom stereocenters. The highest BCUT2D eigenvalue weighted by Crippen LogP contribution is 2.71. The molecule has 0 aromatic rings.